The summed E-state index contributed by atoms with van der Waals surface area (Å²) in [6, 6.07) is 19.8. The van der Waals surface area contributed by atoms with Crippen LogP contribution >= 0.6 is 23.7 Å². The highest BCUT2D eigenvalue weighted by molar-refractivity contribution is 7.22. The smallest absolute Gasteiger partial charge is 0.266 e. The van der Waals surface area contributed by atoms with Crippen LogP contribution in [-0.2, 0) is 4.79 Å². The molecule has 0 aliphatic heterocycles. The normalized spacial score (nSPS) is 10.9. The van der Waals surface area contributed by atoms with E-state index in [4.69, 9.17) is 14.5 Å². The van der Waals surface area contributed by atoms with E-state index in [2.05, 4.69) is 6.07 Å². The van der Waals surface area contributed by atoms with Crippen molar-refractivity contribution in [3.8, 4) is 11.5 Å². The molecule has 8 heteroatoms. The molecule has 33 heavy (non-hydrogen) atoms. The van der Waals surface area contributed by atoms with E-state index in [0.29, 0.717) is 24.0 Å². The number of rotatable bonds is 9. The standard InChI is InChI=1S/C25H27N3O3S.ClH/c1-4-30-21-10-7-11-22-24(21)26-25(32-22)28(15-14-27(2)3)23(29)17-31-20-13-12-18-8-5-6-9-19(18)16-20;/h5-13,16H,4,14-15,17H2,1-3H3;1H. The van der Waals surface area contributed by atoms with Crippen molar-refractivity contribution in [2.45, 2.75) is 6.92 Å². The Hall–Kier alpha value is -2.87. The van der Waals surface area contributed by atoms with Crippen LogP contribution in [0.1, 0.15) is 6.92 Å². The van der Waals surface area contributed by atoms with Gasteiger partial charge in [-0.15, -0.1) is 12.4 Å². The molecule has 0 atom stereocenters. The monoisotopic (exact) mass is 485 g/mol. The zero-order valence-electron chi connectivity index (χ0n) is 19.0. The van der Waals surface area contributed by atoms with Crippen LogP contribution in [0.3, 0.4) is 0 Å². The van der Waals surface area contributed by atoms with Crippen LogP contribution in [0.5, 0.6) is 11.5 Å². The number of carbonyl (C=O) groups is 1. The molecule has 1 amide bonds. The summed E-state index contributed by atoms with van der Waals surface area (Å²) in [6.45, 7) is 3.70. The number of hydrogen-bond acceptors (Lipinski definition) is 6. The van der Waals surface area contributed by atoms with Crippen molar-refractivity contribution in [3.05, 3.63) is 60.7 Å². The van der Waals surface area contributed by atoms with Crippen LogP contribution in [0.2, 0.25) is 0 Å². The van der Waals surface area contributed by atoms with Gasteiger partial charge >= 0.3 is 0 Å². The Morgan fingerprint density at radius 3 is 2.52 bits per heavy atom. The molecule has 0 fully saturated rings. The van der Waals surface area contributed by atoms with E-state index in [1.54, 1.807) is 4.90 Å². The number of para-hydroxylation sites is 1. The second-order valence-electron chi connectivity index (χ2n) is 7.68. The molecule has 6 nitrogen and oxygen atoms in total. The SMILES string of the molecule is CCOc1cccc2sc(N(CCN(C)C)C(=O)COc3ccc4ccccc4c3)nc12.Cl. The Kier molecular flexibility index (Phi) is 8.49. The number of nitrogens with zero attached hydrogens (tertiary/aromatic N) is 3. The van der Waals surface area contributed by atoms with Crippen LogP contribution in [0, 0.1) is 0 Å². The van der Waals surface area contributed by atoms with Gasteiger partial charge in [0.05, 0.1) is 11.3 Å². The van der Waals surface area contributed by atoms with Gasteiger partial charge in [0.25, 0.3) is 5.91 Å². The first-order valence-electron chi connectivity index (χ1n) is 10.6. The number of benzene rings is 3. The van der Waals surface area contributed by atoms with Crippen molar-refractivity contribution < 1.29 is 14.3 Å². The number of likely N-dealkylation sites (N-methyl/N-ethyl adjacent to an activating group) is 1. The highest BCUT2D eigenvalue weighted by Gasteiger charge is 2.21. The molecule has 4 rings (SSSR count). The summed E-state index contributed by atoms with van der Waals surface area (Å²) in [5, 5.41) is 2.87. The van der Waals surface area contributed by atoms with Gasteiger partial charge < -0.3 is 14.4 Å². The molecule has 0 radical (unpaired) electrons. The lowest BCUT2D eigenvalue weighted by Crippen LogP contribution is -2.39. The molecule has 0 spiro atoms. The van der Waals surface area contributed by atoms with Crippen LogP contribution in [0.4, 0.5) is 5.13 Å². The zero-order chi connectivity index (χ0) is 22.5. The fourth-order valence-corrected chi connectivity index (χ4v) is 4.43. The van der Waals surface area contributed by atoms with E-state index in [1.165, 1.54) is 11.3 Å². The van der Waals surface area contributed by atoms with E-state index < -0.39 is 0 Å². The van der Waals surface area contributed by atoms with E-state index in [0.717, 1.165) is 33.3 Å². The van der Waals surface area contributed by atoms with Gasteiger partial charge in [0.2, 0.25) is 0 Å². The number of carbonyl (C=O) groups excluding carboxylic acids is 1. The predicted octanol–water partition coefficient (Wildman–Crippen LogP) is 5.24. The maximum absolute atomic E-state index is 13.2. The summed E-state index contributed by atoms with van der Waals surface area (Å²) in [6.07, 6.45) is 0. The molecular formula is C25H28ClN3O3S. The van der Waals surface area contributed by atoms with Gasteiger partial charge in [-0.1, -0.05) is 47.7 Å². The number of amides is 1. The van der Waals surface area contributed by atoms with Crippen molar-refractivity contribution in [3.63, 3.8) is 0 Å². The first-order valence-corrected chi connectivity index (χ1v) is 11.5. The molecule has 1 aromatic heterocycles. The number of anilines is 1. The molecule has 0 bridgehead atoms. The van der Waals surface area contributed by atoms with E-state index >= 15 is 0 Å². The number of ether oxygens (including phenoxy) is 2. The van der Waals surface area contributed by atoms with Gasteiger partial charge in [-0.25, -0.2) is 4.98 Å². The lowest BCUT2D eigenvalue weighted by Gasteiger charge is -2.22. The minimum Gasteiger partial charge on any atom is -0.492 e. The highest BCUT2D eigenvalue weighted by Crippen LogP contribution is 2.34. The lowest BCUT2D eigenvalue weighted by molar-refractivity contribution is -0.120. The van der Waals surface area contributed by atoms with Crippen molar-refractivity contribution in [1.29, 1.82) is 0 Å². The summed E-state index contributed by atoms with van der Waals surface area (Å²) in [5.41, 5.74) is 0.785. The topological polar surface area (TPSA) is 54.9 Å². The van der Waals surface area contributed by atoms with Gasteiger partial charge in [0.15, 0.2) is 11.7 Å². The van der Waals surface area contributed by atoms with E-state index in [1.807, 2.05) is 80.5 Å². The van der Waals surface area contributed by atoms with E-state index in [9.17, 15) is 4.79 Å². The fraction of sp³-hybridized carbons (Fsp3) is 0.280. The summed E-state index contributed by atoms with van der Waals surface area (Å²) in [4.78, 5) is 21.7. The van der Waals surface area contributed by atoms with Gasteiger partial charge in [0.1, 0.15) is 17.0 Å². The third kappa shape index (κ3) is 5.93. The maximum atomic E-state index is 13.2. The number of thiazole rings is 1. The van der Waals surface area contributed by atoms with E-state index in [-0.39, 0.29) is 24.9 Å². The Bertz CT molecular complexity index is 1230. The van der Waals surface area contributed by atoms with Crippen LogP contribution in [0.15, 0.2) is 60.7 Å². The second-order valence-corrected chi connectivity index (χ2v) is 8.69. The first-order chi connectivity index (χ1) is 15.5. The zero-order valence-corrected chi connectivity index (χ0v) is 20.6. The van der Waals surface area contributed by atoms with Crippen LogP contribution in [0.25, 0.3) is 21.0 Å². The minimum absolute atomic E-state index is 0. The molecule has 4 aromatic rings. The average Bonchev–Trinajstić information content (AvgIpc) is 3.22. The molecule has 3 aromatic carbocycles. The van der Waals surface area contributed by atoms with Crippen LogP contribution in [-0.4, -0.2) is 56.2 Å². The Labute approximate surface area is 204 Å². The fourth-order valence-electron chi connectivity index (χ4n) is 3.41. The quantitative estimate of drug-likeness (QED) is 0.324. The predicted molar refractivity (Wildman–Crippen MR) is 138 cm³/mol. The van der Waals surface area contributed by atoms with Crippen LogP contribution < -0.4 is 14.4 Å². The number of hydrogen-bond donors (Lipinski definition) is 0. The number of aromatic nitrogens is 1. The molecule has 0 saturated heterocycles. The van der Waals surface area contributed by atoms with Crippen molar-refractivity contribution in [1.82, 2.24) is 9.88 Å². The van der Waals surface area contributed by atoms with Gasteiger partial charge in [-0.3, -0.25) is 9.69 Å². The van der Waals surface area contributed by atoms with Crippen molar-refractivity contribution in [2.75, 3.05) is 45.3 Å². The van der Waals surface area contributed by atoms with Crippen molar-refractivity contribution >= 4 is 55.8 Å². The molecule has 0 saturated carbocycles. The molecule has 174 valence electrons. The summed E-state index contributed by atoms with van der Waals surface area (Å²) >= 11 is 1.49. The van der Waals surface area contributed by atoms with Gasteiger partial charge in [-0.05, 0) is 56.1 Å². The number of fused-ring (bicyclic) bond motifs is 2. The van der Waals surface area contributed by atoms with Gasteiger partial charge in [-0.2, -0.15) is 0 Å². The minimum atomic E-state index is -0.128. The maximum Gasteiger partial charge on any atom is 0.266 e. The molecule has 0 aliphatic carbocycles. The summed E-state index contributed by atoms with van der Waals surface area (Å²) < 4.78 is 12.6. The second kappa shape index (κ2) is 11.3. The largest absolute Gasteiger partial charge is 0.492 e. The summed E-state index contributed by atoms with van der Waals surface area (Å²) in [5.74, 6) is 1.28. The summed E-state index contributed by atoms with van der Waals surface area (Å²) in [7, 11) is 3.97. The average molecular weight is 486 g/mol. The lowest BCUT2D eigenvalue weighted by atomic mass is 10.1. The highest BCUT2D eigenvalue weighted by atomic mass is 35.5. The first kappa shape index (κ1) is 24.8. The molecule has 0 unspecified atom stereocenters. The third-order valence-corrected chi connectivity index (χ3v) is 6.10. The molecule has 0 aliphatic rings. The Morgan fingerprint density at radius 2 is 1.76 bits per heavy atom. The molecular weight excluding hydrogens is 458 g/mol. The Balaban J connectivity index is 0.00000306. The Morgan fingerprint density at radius 1 is 0.970 bits per heavy atom. The third-order valence-electron chi connectivity index (χ3n) is 5.06. The molecule has 0 N–H and O–H groups in total. The van der Waals surface area contributed by atoms with Crippen molar-refractivity contribution in [2.24, 2.45) is 0 Å². The molecule has 1 heterocycles. The van der Waals surface area contributed by atoms with Gasteiger partial charge in [0, 0.05) is 13.1 Å². The number of halogens is 1.